The first kappa shape index (κ1) is 95.8. The monoisotopic (exact) mass is 2220 g/mol. The Kier molecular flexibility index (Phi) is 32.8. The molecule has 4 aromatic heterocycles. The molecular weight excluding hydrogens is 2160 g/mol. The molecule has 0 saturated carbocycles. The Morgan fingerprint density at radius 2 is 0.653 bits per heavy atom. The molecule has 0 amide bonds. The molecule has 42 heteroatoms. The summed E-state index contributed by atoms with van der Waals surface area (Å²) in [5.74, 6) is 0. The van der Waals surface area contributed by atoms with Gasteiger partial charge in [-0.05, 0) is 240 Å². The summed E-state index contributed by atoms with van der Waals surface area (Å²) in [4.78, 5) is -1.43. The number of rotatable bonds is 6. The van der Waals surface area contributed by atoms with E-state index in [9.17, 15) is 33.7 Å². The fourth-order valence-electron chi connectivity index (χ4n) is 14.3. The number of hydrogen-bond acceptors (Lipinski definition) is 16. The summed E-state index contributed by atoms with van der Waals surface area (Å²) in [6, 6.07) is 84.5. The summed E-state index contributed by atoms with van der Waals surface area (Å²) >= 11 is 25.1. The van der Waals surface area contributed by atoms with Crippen molar-refractivity contribution in [3.8, 4) is 44.8 Å². The van der Waals surface area contributed by atoms with E-state index in [0.717, 1.165) is 65.3 Å². The average Bonchev–Trinajstić information content (AvgIpc) is 1.16. The second-order valence-corrected chi connectivity index (χ2v) is 66.1. The van der Waals surface area contributed by atoms with Crippen molar-refractivity contribution in [3.05, 3.63) is 282 Å². The maximum Gasteiger partial charge on any atom is 0.495 e. The number of thiophene rings is 2. The van der Waals surface area contributed by atoms with Crippen molar-refractivity contribution in [2.24, 2.45) is 0 Å². The van der Waals surface area contributed by atoms with E-state index in [-0.39, 0.29) is 39.2 Å². The predicted octanol–water partition coefficient (Wildman–Crippen LogP) is 20.3. The molecule has 636 valence electrons. The molecule has 1 saturated heterocycles. The number of aromatic nitrogens is 2. The third kappa shape index (κ3) is 20.3. The number of halogens is 1. The van der Waals surface area contributed by atoms with Crippen LogP contribution in [-0.2, 0) is 235 Å². The standard InChI is InChI=1S/C38H23NO4S3.C32H28BNO2S.C12H7BrO4S2.H4P2.S12.S8/c40-45(41)35-12-6-7-13-36(35)46(42,43)38-22-25(15-17-37(38)45)30-23-34-26(18-19-44-34)21-29(30)24-14-16-33-31(20-24)28-10-4-5-11-32(28)39(33)27-8-2-1-3-9-27;1-31(2)32(3,4)36-33(35-31)27-20-30-22(16-17-37-30)19-25(27)21-14-15-29-26(18-21)24-12-8-9-13-28(24)34(29)23-10-6-5-7-11-23;13-8-5-6-11-12(7-8)19(16,17)10-4-2-1-3-9(10)18(11,14)15;1-2;1-3-5-7-9-11-12-10-8-6-4-2;1-3-5-7-8-6-4-2/h1-23H;5-20H,1-4H3;1-7H;1-2H2;;. The van der Waals surface area contributed by atoms with Crippen LogP contribution in [0.4, 0.5) is 0 Å². The molecule has 1 fully saturated rings. The Morgan fingerprint density at radius 1 is 0.331 bits per heavy atom. The number of para-hydroxylation sites is 4. The van der Waals surface area contributed by atoms with Crippen LogP contribution < -0.4 is 5.46 Å². The van der Waals surface area contributed by atoms with Gasteiger partial charge < -0.3 is 18.4 Å². The van der Waals surface area contributed by atoms with Crippen molar-refractivity contribution in [2.45, 2.75) is 78.1 Å². The molecule has 124 heavy (non-hydrogen) atoms. The van der Waals surface area contributed by atoms with Gasteiger partial charge in [0.05, 0.1) is 72.4 Å². The molecule has 19 rings (SSSR count). The van der Waals surface area contributed by atoms with E-state index < -0.39 is 57.7 Å². The van der Waals surface area contributed by atoms with Crippen molar-refractivity contribution in [1.29, 1.82) is 0 Å². The molecule has 3 aliphatic heterocycles. The molecule has 12 nitrogen and oxygen atoms in total. The van der Waals surface area contributed by atoms with Gasteiger partial charge in [0.15, 0.2) is 0 Å². The quantitative estimate of drug-likeness (QED) is 0.114. The number of hydrogen-bond donors (Lipinski definition) is 0. The minimum atomic E-state index is -4.07. The van der Waals surface area contributed by atoms with E-state index in [1.807, 2.05) is 35.7 Å². The molecule has 16 aromatic rings. The van der Waals surface area contributed by atoms with Gasteiger partial charge >= 0.3 is 7.12 Å². The SMILES string of the molecule is CC1(C)OB(c2cc3sccc3cc2-c2ccc3c(c2)c2ccccc2n3-c2ccccc2)OC1(C)C.O=S1(=O)c2ccccc2S(=O)(=O)c2cc(-c3cc4sccc4cc3-c3ccc4c(c3)c3ccccc3n4-c3ccccc3)ccc21.O=S1(=O)c2ccccc2S(=O)(=O)c2cc(Br)ccc21.PP.S=S=S=S=S=S=S=S.S=S=S=S=S=S=S=S=S=S=S=S. The van der Waals surface area contributed by atoms with Gasteiger partial charge in [0.2, 0.25) is 39.3 Å². The summed E-state index contributed by atoms with van der Waals surface area (Å²) in [5, 5.41) is 11.2. The number of sulfone groups is 4. The first-order valence-electron chi connectivity index (χ1n) is 36.0. The Labute approximate surface area is 804 Å². The van der Waals surface area contributed by atoms with Crippen molar-refractivity contribution < 1.29 is 43.0 Å². The van der Waals surface area contributed by atoms with Gasteiger partial charge in [-0.15, -0.1) is 40.5 Å². The van der Waals surface area contributed by atoms with Crippen molar-refractivity contribution in [3.63, 3.8) is 0 Å². The van der Waals surface area contributed by atoms with Crippen molar-refractivity contribution in [2.75, 3.05) is 0 Å². The van der Waals surface area contributed by atoms with Crippen LogP contribution in [0.5, 0.6) is 0 Å². The molecule has 3 aliphatic rings. The molecule has 0 aliphatic carbocycles. The Morgan fingerprint density at radius 3 is 1.09 bits per heavy atom. The zero-order chi connectivity index (χ0) is 87.7. The first-order chi connectivity index (χ1) is 59.8. The average molecular weight is 2220 g/mol. The molecule has 0 spiro atoms. The summed E-state index contributed by atoms with van der Waals surface area (Å²) in [5.41, 5.74) is 12.8. The lowest BCUT2D eigenvalue weighted by Crippen LogP contribution is -2.41. The van der Waals surface area contributed by atoms with Crippen LogP contribution in [0.25, 0.3) is 109 Å². The van der Waals surface area contributed by atoms with Crippen molar-refractivity contribution >= 4 is 359 Å². The largest absolute Gasteiger partial charge is 0.495 e. The summed E-state index contributed by atoms with van der Waals surface area (Å²) < 4.78 is 125. The summed E-state index contributed by atoms with van der Waals surface area (Å²) in [6.07, 6.45) is 0. The second kappa shape index (κ2) is 42.5. The van der Waals surface area contributed by atoms with Crippen LogP contribution in [-0.4, -0.2) is 61.1 Å². The highest BCUT2D eigenvalue weighted by Gasteiger charge is 2.52. The van der Waals surface area contributed by atoms with E-state index in [0.29, 0.717) is 10.0 Å². The third-order valence-corrected chi connectivity index (χ3v) is 61.6. The number of fused-ring (bicyclic) bond motifs is 12. The predicted molar refractivity (Wildman–Crippen MR) is 580 cm³/mol. The fraction of sp³-hybridized carbons (Fsp3) is 0.0732. The third-order valence-electron chi connectivity index (χ3n) is 20.3. The molecule has 0 radical (unpaired) electrons. The van der Waals surface area contributed by atoms with Gasteiger partial charge in [0.1, 0.15) is 0 Å². The first-order valence-corrected chi connectivity index (χ1v) is 71.2. The van der Waals surface area contributed by atoms with Crippen LogP contribution >= 0.6 is 56.5 Å². The highest BCUT2D eigenvalue weighted by Crippen LogP contribution is 2.48. The fourth-order valence-corrected chi connectivity index (χ4v) is 57.7. The van der Waals surface area contributed by atoms with Gasteiger partial charge in [-0.1, -0.05) is 131 Å². The molecule has 0 N–H and O–H groups in total. The maximum absolute atomic E-state index is 13.8. The highest BCUT2D eigenvalue weighted by atomic mass is 79.9. The number of benzene rings is 12. The maximum atomic E-state index is 13.8. The lowest BCUT2D eigenvalue weighted by molar-refractivity contribution is 0.00578. The lowest BCUT2D eigenvalue weighted by atomic mass is 9.74. The van der Waals surface area contributed by atoms with Crippen LogP contribution in [0.3, 0.4) is 0 Å². The Balaban J connectivity index is 0.000000142. The molecule has 2 atom stereocenters. The van der Waals surface area contributed by atoms with Crippen molar-refractivity contribution in [1.82, 2.24) is 9.13 Å². The Bertz CT molecular complexity index is 8210. The summed E-state index contributed by atoms with van der Waals surface area (Å²) in [7, 11) is 14.0. The van der Waals surface area contributed by atoms with Crippen LogP contribution in [0.2, 0.25) is 0 Å². The summed E-state index contributed by atoms with van der Waals surface area (Å²) in [6.45, 7) is 8.45. The van der Waals surface area contributed by atoms with E-state index in [1.165, 1.54) is 145 Å². The number of nitrogens with zero attached hydrogens (tertiary/aromatic N) is 2. The van der Waals surface area contributed by atoms with Crippen LogP contribution in [0.1, 0.15) is 27.7 Å². The van der Waals surface area contributed by atoms with Gasteiger partial charge in [0.25, 0.3) is 0 Å². The highest BCUT2D eigenvalue weighted by molar-refractivity contribution is 9.10. The molecule has 2 unspecified atom stereocenters. The lowest BCUT2D eigenvalue weighted by Gasteiger charge is -2.32. The van der Waals surface area contributed by atoms with E-state index in [4.69, 9.17) is 9.31 Å². The zero-order valence-corrected chi connectivity index (χ0v) is 89.4. The zero-order valence-electron chi connectivity index (χ0n) is 64.3. The van der Waals surface area contributed by atoms with E-state index in [1.54, 1.807) is 147 Å². The molecular formula is C82H62BBrN2O10P2S26. The molecule has 12 aromatic carbocycles. The minimum absolute atomic E-state index is 0.162. The van der Waals surface area contributed by atoms with Gasteiger partial charge in [-0.25, -0.2) is 33.7 Å². The van der Waals surface area contributed by atoms with E-state index in [2.05, 4.69) is 272 Å². The van der Waals surface area contributed by atoms with Gasteiger partial charge in [-0.3, -0.25) is 0 Å². The molecule has 7 heterocycles. The van der Waals surface area contributed by atoms with Crippen LogP contribution in [0, 0.1) is 0 Å². The smallest absolute Gasteiger partial charge is 0.399 e. The van der Waals surface area contributed by atoms with Crippen LogP contribution in [0.15, 0.2) is 321 Å². The van der Waals surface area contributed by atoms with E-state index >= 15 is 0 Å². The topological polar surface area (TPSA) is 165 Å². The molecule has 0 bridgehead atoms. The minimum Gasteiger partial charge on any atom is -0.399 e. The van der Waals surface area contributed by atoms with Gasteiger partial charge in [0, 0.05) is 234 Å². The second-order valence-electron chi connectivity index (χ2n) is 27.4. The van der Waals surface area contributed by atoms with Gasteiger partial charge in [-0.2, -0.15) is 0 Å². The normalized spacial score (nSPS) is 14.5. The Hall–Kier alpha value is -4.32.